The number of aryl methyl sites for hydroxylation is 2. The summed E-state index contributed by atoms with van der Waals surface area (Å²) in [4.78, 5) is 11.2. The summed E-state index contributed by atoms with van der Waals surface area (Å²) in [6.07, 6.45) is 1.39. The maximum atomic E-state index is 12.8. The molecule has 3 aromatic rings. The minimum absolute atomic E-state index is 0.296. The van der Waals surface area contributed by atoms with Crippen LogP contribution < -0.4 is 9.66 Å². The highest BCUT2D eigenvalue weighted by Gasteiger charge is 2.19. The largest absolute Gasteiger partial charge is 0.414 e. The van der Waals surface area contributed by atoms with Crippen molar-refractivity contribution in [3.8, 4) is 0 Å². The quantitative estimate of drug-likeness (QED) is 0.748. The Hall–Kier alpha value is -2.12. The molecule has 7 heteroatoms. The van der Waals surface area contributed by atoms with Crippen molar-refractivity contribution in [2.24, 2.45) is 0 Å². The minimum Gasteiger partial charge on any atom is -0.414 e. The fraction of sp³-hybridized carbons (Fsp3) is 0.235. The summed E-state index contributed by atoms with van der Waals surface area (Å²) >= 11 is 0.945. The van der Waals surface area contributed by atoms with Crippen molar-refractivity contribution < 1.29 is 12.8 Å². The van der Waals surface area contributed by atoms with E-state index in [0.717, 1.165) is 28.9 Å². The molecule has 0 spiro atoms. The molecule has 1 aromatic heterocycles. The first kappa shape index (κ1) is 16.7. The number of sulfonamides is 1. The van der Waals surface area contributed by atoms with E-state index >= 15 is 0 Å². The fourth-order valence-corrected chi connectivity index (χ4v) is 4.63. The lowest BCUT2D eigenvalue weighted by Gasteiger charge is -2.13. The molecule has 2 aromatic carbocycles. The van der Waals surface area contributed by atoms with Crippen molar-refractivity contribution in [1.29, 1.82) is 0 Å². The van der Waals surface area contributed by atoms with Gasteiger partial charge in [0.1, 0.15) is 5.58 Å². The van der Waals surface area contributed by atoms with Crippen LogP contribution in [0.15, 0.2) is 50.5 Å². The van der Waals surface area contributed by atoms with E-state index in [1.807, 2.05) is 26.0 Å². The summed E-state index contributed by atoms with van der Waals surface area (Å²) in [5.41, 5.74) is 2.60. The summed E-state index contributed by atoms with van der Waals surface area (Å²) in [7, 11) is -3.70. The van der Waals surface area contributed by atoms with E-state index in [1.165, 1.54) is 0 Å². The van der Waals surface area contributed by atoms with Crippen LogP contribution in [0.4, 0.5) is 5.69 Å². The lowest BCUT2D eigenvalue weighted by molar-refractivity contribution is 0.585. The summed E-state index contributed by atoms with van der Waals surface area (Å²) < 4.78 is 33.8. The van der Waals surface area contributed by atoms with E-state index in [2.05, 4.69) is 4.72 Å². The number of nitrogens with one attached hydrogen (secondary N) is 1. The van der Waals surface area contributed by atoms with Crippen LogP contribution in [0.25, 0.3) is 10.3 Å². The summed E-state index contributed by atoms with van der Waals surface area (Å²) in [6, 6.07) is 10.3. The van der Waals surface area contributed by atoms with Crippen LogP contribution in [0.5, 0.6) is 0 Å². The number of fused-ring (bicyclic) bond motifs is 1. The number of hydrogen-bond acceptors (Lipinski definition) is 5. The van der Waals surface area contributed by atoms with Gasteiger partial charge in [0.05, 0.1) is 15.3 Å². The molecule has 0 atom stereocenters. The molecule has 0 amide bonds. The van der Waals surface area contributed by atoms with Gasteiger partial charge >= 0.3 is 4.94 Å². The van der Waals surface area contributed by atoms with Gasteiger partial charge in [-0.1, -0.05) is 37.3 Å². The Labute approximate surface area is 144 Å². The lowest BCUT2D eigenvalue weighted by atomic mass is 10.1. The molecule has 0 aliphatic carbocycles. The van der Waals surface area contributed by atoms with Crippen molar-refractivity contribution in [1.82, 2.24) is 0 Å². The molecule has 1 heterocycles. The zero-order valence-electron chi connectivity index (χ0n) is 13.3. The van der Waals surface area contributed by atoms with E-state index in [4.69, 9.17) is 4.42 Å². The predicted octanol–water partition coefficient (Wildman–Crippen LogP) is 3.78. The Balaban J connectivity index is 2.02. The van der Waals surface area contributed by atoms with Gasteiger partial charge in [-0.3, -0.25) is 4.72 Å². The SMILES string of the molecule is CCc1ccc(CC)c(S(=O)(=O)Nc2ccc3oc(=O)sc3c2)c1. The lowest BCUT2D eigenvalue weighted by Crippen LogP contribution is -2.15. The van der Waals surface area contributed by atoms with Crippen LogP contribution in [0.2, 0.25) is 0 Å². The first-order valence-corrected chi connectivity index (χ1v) is 9.91. The second-order valence-corrected chi connectivity index (χ2v) is 8.00. The van der Waals surface area contributed by atoms with Crippen LogP contribution in [-0.4, -0.2) is 8.42 Å². The molecule has 0 radical (unpaired) electrons. The third-order valence-corrected chi connectivity index (χ3v) is 6.05. The van der Waals surface area contributed by atoms with E-state index in [0.29, 0.717) is 27.3 Å². The topological polar surface area (TPSA) is 76.4 Å². The Morgan fingerprint density at radius 3 is 2.58 bits per heavy atom. The molecular formula is C17H17NO4S2. The molecule has 5 nitrogen and oxygen atoms in total. The Morgan fingerprint density at radius 2 is 1.88 bits per heavy atom. The first-order chi connectivity index (χ1) is 11.4. The highest BCUT2D eigenvalue weighted by atomic mass is 32.2. The maximum Gasteiger partial charge on any atom is 0.396 e. The average Bonchev–Trinajstić information content (AvgIpc) is 2.93. The molecule has 0 saturated carbocycles. The Kier molecular flexibility index (Phi) is 4.47. The summed E-state index contributed by atoms with van der Waals surface area (Å²) in [6.45, 7) is 3.91. The third-order valence-electron chi connectivity index (χ3n) is 3.79. The van der Waals surface area contributed by atoms with Crippen molar-refractivity contribution in [2.45, 2.75) is 31.6 Å². The number of hydrogen-bond donors (Lipinski definition) is 1. The van der Waals surface area contributed by atoms with Gasteiger partial charge in [0.25, 0.3) is 10.0 Å². The molecule has 1 N–H and O–H groups in total. The van der Waals surface area contributed by atoms with Gasteiger partial charge < -0.3 is 4.42 Å². The average molecular weight is 363 g/mol. The minimum atomic E-state index is -3.70. The van der Waals surface area contributed by atoms with Gasteiger partial charge in [-0.05, 0) is 48.2 Å². The zero-order chi connectivity index (χ0) is 17.3. The molecule has 0 fully saturated rings. The Bertz CT molecular complexity index is 1050. The van der Waals surface area contributed by atoms with Crippen LogP contribution in [0.3, 0.4) is 0 Å². The molecule has 0 bridgehead atoms. The van der Waals surface area contributed by atoms with Gasteiger partial charge in [-0.2, -0.15) is 0 Å². The van der Waals surface area contributed by atoms with Crippen molar-refractivity contribution in [2.75, 3.05) is 4.72 Å². The van der Waals surface area contributed by atoms with Crippen molar-refractivity contribution in [3.63, 3.8) is 0 Å². The van der Waals surface area contributed by atoms with Gasteiger partial charge in [0, 0.05) is 0 Å². The van der Waals surface area contributed by atoms with Gasteiger partial charge in [0.2, 0.25) is 0 Å². The van der Waals surface area contributed by atoms with Crippen molar-refractivity contribution >= 4 is 37.3 Å². The molecule has 0 aliphatic heterocycles. The van der Waals surface area contributed by atoms with Crippen LogP contribution in [0, 0.1) is 0 Å². The van der Waals surface area contributed by atoms with Crippen LogP contribution >= 0.6 is 11.3 Å². The monoisotopic (exact) mass is 363 g/mol. The number of rotatable bonds is 5. The second kappa shape index (κ2) is 6.41. The van der Waals surface area contributed by atoms with E-state index < -0.39 is 15.0 Å². The smallest absolute Gasteiger partial charge is 0.396 e. The van der Waals surface area contributed by atoms with Crippen molar-refractivity contribution in [3.05, 3.63) is 57.3 Å². The highest BCUT2D eigenvalue weighted by Crippen LogP contribution is 2.25. The van der Waals surface area contributed by atoms with Crippen LogP contribution in [0.1, 0.15) is 25.0 Å². The molecule has 24 heavy (non-hydrogen) atoms. The summed E-state index contributed by atoms with van der Waals surface area (Å²) in [5, 5.41) is 0. The molecule has 126 valence electrons. The number of anilines is 1. The van der Waals surface area contributed by atoms with Gasteiger partial charge in [0.15, 0.2) is 0 Å². The Morgan fingerprint density at radius 1 is 1.08 bits per heavy atom. The normalized spacial score (nSPS) is 11.8. The molecule has 0 aliphatic rings. The zero-order valence-corrected chi connectivity index (χ0v) is 15.0. The standard InChI is InChI=1S/C17H17NO4S2/c1-3-11-5-6-12(4-2)16(9-11)24(20,21)18-13-7-8-14-15(10-13)23-17(19)22-14/h5-10,18H,3-4H2,1-2H3. The van der Waals surface area contributed by atoms with Gasteiger partial charge in [-0.25, -0.2) is 13.2 Å². The van der Waals surface area contributed by atoms with E-state index in [-0.39, 0.29) is 0 Å². The fourth-order valence-electron chi connectivity index (χ4n) is 2.51. The summed E-state index contributed by atoms with van der Waals surface area (Å²) in [5.74, 6) is 0. The second-order valence-electron chi connectivity index (χ2n) is 5.37. The molecule has 3 rings (SSSR count). The van der Waals surface area contributed by atoms with Crippen LogP contribution in [-0.2, 0) is 22.9 Å². The predicted molar refractivity (Wildman–Crippen MR) is 96.4 cm³/mol. The number of benzene rings is 2. The maximum absolute atomic E-state index is 12.8. The highest BCUT2D eigenvalue weighted by molar-refractivity contribution is 7.92. The third kappa shape index (κ3) is 3.22. The van der Waals surface area contributed by atoms with Gasteiger partial charge in [-0.15, -0.1) is 0 Å². The molecule has 0 saturated heterocycles. The van der Waals surface area contributed by atoms with E-state index in [1.54, 1.807) is 24.3 Å². The van der Waals surface area contributed by atoms with E-state index in [9.17, 15) is 13.2 Å². The molecule has 0 unspecified atom stereocenters. The first-order valence-electron chi connectivity index (χ1n) is 7.61. The molecular weight excluding hydrogens is 346 g/mol.